The highest BCUT2D eigenvalue weighted by atomic mass is 16.5. The Morgan fingerprint density at radius 3 is 2.54 bits per heavy atom. The summed E-state index contributed by atoms with van der Waals surface area (Å²) in [5.41, 5.74) is 4.10. The van der Waals surface area contributed by atoms with Gasteiger partial charge in [-0.15, -0.1) is 0 Å². The average molecular weight is 478 g/mol. The summed E-state index contributed by atoms with van der Waals surface area (Å²) in [7, 11) is 0. The minimum atomic E-state index is -0.314. The summed E-state index contributed by atoms with van der Waals surface area (Å²) in [5, 5.41) is 3.00. The number of piperazine rings is 1. The normalized spacial score (nSPS) is 29.5. The number of rotatable bonds is 7. The Hall–Kier alpha value is -2.27. The van der Waals surface area contributed by atoms with Gasteiger partial charge >= 0.3 is 6.09 Å². The standard InChI is InChI=1S/C30H43N3O2/c1-22-23(2)29(12-13-31-30(34)35-21-24-8-4-3-5-9-24)26-18-25(22)19-28(20-26)33-16-14-32(15-17-33)27-10-6-7-11-27/h3-5,8-9,19-20,22-23,26-27,29H,6-7,10-18,21H2,1-2H3,(H,31,34). The highest BCUT2D eigenvalue weighted by Crippen LogP contribution is 2.47. The lowest BCUT2D eigenvalue weighted by Crippen LogP contribution is -2.49. The fourth-order valence-corrected chi connectivity index (χ4v) is 6.94. The van der Waals surface area contributed by atoms with E-state index in [1.165, 1.54) is 50.9 Å². The van der Waals surface area contributed by atoms with Gasteiger partial charge in [0.15, 0.2) is 0 Å². The van der Waals surface area contributed by atoms with Crippen LogP contribution in [0.25, 0.3) is 0 Å². The molecular weight excluding hydrogens is 434 g/mol. The van der Waals surface area contributed by atoms with Crippen LogP contribution in [0.5, 0.6) is 0 Å². The molecule has 4 unspecified atom stereocenters. The molecule has 0 radical (unpaired) electrons. The van der Waals surface area contributed by atoms with E-state index in [2.05, 4.69) is 41.1 Å². The van der Waals surface area contributed by atoms with Gasteiger partial charge in [0, 0.05) is 44.5 Å². The van der Waals surface area contributed by atoms with E-state index in [9.17, 15) is 4.79 Å². The summed E-state index contributed by atoms with van der Waals surface area (Å²) >= 11 is 0. The van der Waals surface area contributed by atoms with Gasteiger partial charge in [-0.2, -0.15) is 0 Å². The number of carbonyl (C=O) groups is 1. The van der Waals surface area contributed by atoms with Crippen LogP contribution in [-0.2, 0) is 11.3 Å². The molecule has 5 rings (SSSR count). The Balaban J connectivity index is 1.14. The van der Waals surface area contributed by atoms with E-state index < -0.39 is 0 Å². The number of benzene rings is 1. The molecule has 4 aliphatic rings. The van der Waals surface area contributed by atoms with Crippen molar-refractivity contribution in [1.29, 1.82) is 0 Å². The van der Waals surface area contributed by atoms with Gasteiger partial charge in [0.05, 0.1) is 0 Å². The molecule has 190 valence electrons. The molecule has 0 spiro atoms. The topological polar surface area (TPSA) is 44.8 Å². The largest absolute Gasteiger partial charge is 0.445 e. The molecule has 3 fully saturated rings. The Morgan fingerprint density at radius 1 is 1.06 bits per heavy atom. The predicted octanol–water partition coefficient (Wildman–Crippen LogP) is 5.60. The molecule has 1 heterocycles. The molecule has 35 heavy (non-hydrogen) atoms. The van der Waals surface area contributed by atoms with E-state index in [1.54, 1.807) is 5.57 Å². The highest BCUT2D eigenvalue weighted by molar-refractivity contribution is 5.67. The van der Waals surface area contributed by atoms with Crippen molar-refractivity contribution >= 4 is 6.09 Å². The molecule has 1 aliphatic heterocycles. The van der Waals surface area contributed by atoms with Crippen molar-refractivity contribution in [3.63, 3.8) is 0 Å². The number of allylic oxidation sites excluding steroid dienone is 3. The van der Waals surface area contributed by atoms with Crippen molar-refractivity contribution in [2.45, 2.75) is 65.0 Å². The zero-order chi connectivity index (χ0) is 24.2. The van der Waals surface area contributed by atoms with E-state index in [-0.39, 0.29) is 6.09 Å². The number of hydrogen-bond donors (Lipinski definition) is 1. The maximum Gasteiger partial charge on any atom is 0.407 e. The number of amides is 1. The minimum Gasteiger partial charge on any atom is -0.445 e. The minimum absolute atomic E-state index is 0.314. The quantitative estimate of drug-likeness (QED) is 0.556. The van der Waals surface area contributed by atoms with Crippen molar-refractivity contribution in [2.24, 2.45) is 23.7 Å². The number of ether oxygens (including phenoxy) is 1. The number of carbonyl (C=O) groups excluding carboxylic acids is 1. The molecule has 2 bridgehead atoms. The molecule has 5 heteroatoms. The molecule has 1 saturated heterocycles. The molecule has 1 aromatic rings. The second kappa shape index (κ2) is 11.2. The van der Waals surface area contributed by atoms with Gasteiger partial charge in [0.1, 0.15) is 6.61 Å². The van der Waals surface area contributed by atoms with Crippen LogP contribution < -0.4 is 5.32 Å². The van der Waals surface area contributed by atoms with Crippen LogP contribution in [-0.4, -0.2) is 54.7 Å². The molecular formula is C30H43N3O2. The summed E-state index contributed by atoms with van der Waals surface area (Å²) in [6.45, 7) is 10.5. The Morgan fingerprint density at radius 2 is 1.80 bits per heavy atom. The first-order chi connectivity index (χ1) is 17.1. The van der Waals surface area contributed by atoms with Crippen LogP contribution >= 0.6 is 0 Å². The predicted molar refractivity (Wildman–Crippen MR) is 141 cm³/mol. The molecule has 0 aromatic heterocycles. The molecule has 3 aliphatic carbocycles. The zero-order valence-electron chi connectivity index (χ0n) is 21.6. The van der Waals surface area contributed by atoms with Crippen molar-refractivity contribution in [2.75, 3.05) is 32.7 Å². The highest BCUT2D eigenvalue weighted by Gasteiger charge is 2.39. The summed E-state index contributed by atoms with van der Waals surface area (Å²) in [5.74, 6) is 2.39. The third-order valence-corrected chi connectivity index (χ3v) is 9.27. The summed E-state index contributed by atoms with van der Waals surface area (Å²) in [4.78, 5) is 17.6. The Labute approximate surface area is 211 Å². The van der Waals surface area contributed by atoms with Crippen LogP contribution in [0, 0.1) is 23.7 Å². The van der Waals surface area contributed by atoms with Crippen LogP contribution in [0.4, 0.5) is 4.79 Å². The van der Waals surface area contributed by atoms with Crippen molar-refractivity contribution in [1.82, 2.24) is 15.1 Å². The lowest BCUT2D eigenvalue weighted by molar-refractivity contribution is 0.114. The van der Waals surface area contributed by atoms with Gasteiger partial charge in [-0.3, -0.25) is 4.90 Å². The van der Waals surface area contributed by atoms with Crippen LogP contribution in [0.15, 0.2) is 53.8 Å². The van der Waals surface area contributed by atoms with E-state index in [0.717, 1.165) is 31.1 Å². The van der Waals surface area contributed by atoms with Crippen LogP contribution in [0.3, 0.4) is 0 Å². The average Bonchev–Trinajstić information content (AvgIpc) is 3.44. The molecule has 1 amide bonds. The zero-order valence-corrected chi connectivity index (χ0v) is 21.6. The SMILES string of the molecule is CC1C2=CC(N3CCN(C4CCCC4)CC3)=CC(C2)C(CCNC(=O)OCc2ccccc2)C1C. The maximum atomic E-state index is 12.2. The smallest absolute Gasteiger partial charge is 0.407 e. The Bertz CT molecular complexity index is 913. The summed E-state index contributed by atoms with van der Waals surface area (Å²) in [6, 6.07) is 10.7. The van der Waals surface area contributed by atoms with Crippen molar-refractivity contribution in [3.05, 3.63) is 59.3 Å². The third-order valence-electron chi connectivity index (χ3n) is 9.27. The monoisotopic (exact) mass is 477 g/mol. The van der Waals surface area contributed by atoms with Gasteiger partial charge < -0.3 is 15.0 Å². The summed E-state index contributed by atoms with van der Waals surface area (Å²) in [6.07, 6.45) is 12.6. The summed E-state index contributed by atoms with van der Waals surface area (Å²) < 4.78 is 5.41. The second-order valence-electron chi connectivity index (χ2n) is 11.2. The first-order valence-corrected chi connectivity index (χ1v) is 13.9. The molecule has 4 atom stereocenters. The van der Waals surface area contributed by atoms with Gasteiger partial charge in [-0.25, -0.2) is 4.79 Å². The molecule has 5 nitrogen and oxygen atoms in total. The number of alkyl carbamates (subject to hydrolysis) is 1. The molecule has 1 N–H and O–H groups in total. The van der Waals surface area contributed by atoms with Gasteiger partial charge in [0.2, 0.25) is 0 Å². The van der Waals surface area contributed by atoms with Crippen LogP contribution in [0.1, 0.15) is 57.9 Å². The first kappa shape index (κ1) is 24.4. The van der Waals surface area contributed by atoms with Gasteiger partial charge in [-0.05, 0) is 61.0 Å². The van der Waals surface area contributed by atoms with E-state index in [4.69, 9.17) is 4.74 Å². The fourth-order valence-electron chi connectivity index (χ4n) is 6.94. The van der Waals surface area contributed by atoms with Crippen molar-refractivity contribution in [3.8, 4) is 0 Å². The lowest BCUT2D eigenvalue weighted by Gasteiger charge is -2.46. The molecule has 1 aromatic carbocycles. The lowest BCUT2D eigenvalue weighted by atomic mass is 9.62. The maximum absolute atomic E-state index is 12.2. The number of nitrogens with one attached hydrogen (secondary N) is 1. The van der Waals surface area contributed by atoms with Gasteiger partial charge in [0.25, 0.3) is 0 Å². The van der Waals surface area contributed by atoms with E-state index in [1.807, 2.05) is 30.3 Å². The number of fused-ring (bicyclic) bond motifs is 2. The second-order valence-corrected chi connectivity index (χ2v) is 11.2. The number of nitrogens with zero attached hydrogens (tertiary/aromatic N) is 2. The van der Waals surface area contributed by atoms with E-state index in [0.29, 0.717) is 36.8 Å². The van der Waals surface area contributed by atoms with E-state index >= 15 is 0 Å². The first-order valence-electron chi connectivity index (χ1n) is 13.9. The fraction of sp³-hybridized carbons (Fsp3) is 0.633. The van der Waals surface area contributed by atoms with Gasteiger partial charge in [-0.1, -0.05) is 68.7 Å². The van der Waals surface area contributed by atoms with Crippen LogP contribution in [0.2, 0.25) is 0 Å². The Kier molecular flexibility index (Phi) is 7.81. The molecule has 2 saturated carbocycles. The van der Waals surface area contributed by atoms with Crippen molar-refractivity contribution < 1.29 is 9.53 Å². The third kappa shape index (κ3) is 5.77. The number of hydrogen-bond acceptors (Lipinski definition) is 4.